The van der Waals surface area contributed by atoms with E-state index >= 15 is 0 Å². The number of carbonyl (C=O) groups is 1. The molecule has 4 rings (SSSR count). The van der Waals surface area contributed by atoms with Gasteiger partial charge in [-0.15, -0.1) is 11.3 Å². The molecule has 2 heterocycles. The molecule has 4 aromatic rings. The van der Waals surface area contributed by atoms with E-state index in [2.05, 4.69) is 15.6 Å². The lowest BCUT2D eigenvalue weighted by atomic mass is 10.0. The molecule has 1 amide bonds. The summed E-state index contributed by atoms with van der Waals surface area (Å²) in [4.78, 5) is 29.5. The molecule has 0 aliphatic heterocycles. The number of hydrogen-bond donors (Lipinski definition) is 3. The SMILES string of the molecule is C[C@@H](NC(=O)c1ccc(=O)n(-c2cccc(Nc3nccs3)c2)c1)c1cc(N)cc(C(F)(F)F)c1. The van der Waals surface area contributed by atoms with Crippen molar-refractivity contribution in [3.05, 3.63) is 99.4 Å². The average Bonchev–Trinajstić information content (AvgIpc) is 3.31. The molecule has 2 aromatic heterocycles. The molecule has 0 saturated carbocycles. The van der Waals surface area contributed by atoms with E-state index in [-0.39, 0.29) is 22.4 Å². The fraction of sp³-hybridized carbons (Fsp3) is 0.125. The van der Waals surface area contributed by atoms with Crippen LogP contribution in [0.15, 0.2) is 77.2 Å². The van der Waals surface area contributed by atoms with Crippen molar-refractivity contribution in [1.29, 1.82) is 0 Å². The Bertz CT molecular complexity index is 1420. The van der Waals surface area contributed by atoms with Crippen molar-refractivity contribution in [1.82, 2.24) is 14.9 Å². The lowest BCUT2D eigenvalue weighted by molar-refractivity contribution is -0.137. The van der Waals surface area contributed by atoms with Crippen molar-refractivity contribution in [2.75, 3.05) is 11.1 Å². The van der Waals surface area contributed by atoms with E-state index < -0.39 is 23.7 Å². The Kier molecular flexibility index (Phi) is 6.61. The maximum absolute atomic E-state index is 13.1. The van der Waals surface area contributed by atoms with Crippen LogP contribution >= 0.6 is 11.3 Å². The first-order chi connectivity index (χ1) is 16.6. The van der Waals surface area contributed by atoms with Crippen LogP contribution < -0.4 is 21.9 Å². The Morgan fingerprint density at radius 2 is 1.94 bits per heavy atom. The van der Waals surface area contributed by atoms with Crippen LogP contribution in [0.3, 0.4) is 0 Å². The molecular weight excluding hydrogens is 479 g/mol. The monoisotopic (exact) mass is 499 g/mol. The van der Waals surface area contributed by atoms with Crippen molar-refractivity contribution >= 4 is 33.8 Å². The summed E-state index contributed by atoms with van der Waals surface area (Å²) in [6.45, 7) is 1.55. The topological polar surface area (TPSA) is 102 Å². The van der Waals surface area contributed by atoms with Gasteiger partial charge in [0.05, 0.1) is 22.9 Å². The first-order valence-electron chi connectivity index (χ1n) is 10.4. The van der Waals surface area contributed by atoms with E-state index in [9.17, 15) is 22.8 Å². The van der Waals surface area contributed by atoms with Crippen LogP contribution in [0.4, 0.5) is 29.7 Å². The summed E-state index contributed by atoms with van der Waals surface area (Å²) in [5.74, 6) is -0.556. The molecule has 1 atom stereocenters. The fourth-order valence-electron chi connectivity index (χ4n) is 3.42. The molecule has 35 heavy (non-hydrogen) atoms. The highest BCUT2D eigenvalue weighted by atomic mass is 32.1. The van der Waals surface area contributed by atoms with Gasteiger partial charge in [-0.05, 0) is 55.0 Å². The van der Waals surface area contributed by atoms with Crippen LogP contribution in [0, 0.1) is 0 Å². The second-order valence-electron chi connectivity index (χ2n) is 7.72. The van der Waals surface area contributed by atoms with Gasteiger partial charge >= 0.3 is 6.18 Å². The smallest absolute Gasteiger partial charge is 0.399 e. The van der Waals surface area contributed by atoms with E-state index in [1.54, 1.807) is 31.3 Å². The van der Waals surface area contributed by atoms with Gasteiger partial charge < -0.3 is 16.4 Å². The lowest BCUT2D eigenvalue weighted by Crippen LogP contribution is -2.28. The third-order valence-corrected chi connectivity index (χ3v) is 5.82. The van der Waals surface area contributed by atoms with E-state index in [1.807, 2.05) is 11.4 Å². The largest absolute Gasteiger partial charge is 0.416 e. The zero-order valence-electron chi connectivity index (χ0n) is 18.3. The van der Waals surface area contributed by atoms with Crippen molar-refractivity contribution in [2.45, 2.75) is 19.1 Å². The molecule has 0 radical (unpaired) electrons. The number of hydrogen-bond acceptors (Lipinski definition) is 6. The minimum atomic E-state index is -4.56. The van der Waals surface area contributed by atoms with Gasteiger partial charge in [0.15, 0.2) is 5.13 Å². The summed E-state index contributed by atoms with van der Waals surface area (Å²) in [7, 11) is 0. The number of anilines is 3. The molecule has 0 fully saturated rings. The molecule has 180 valence electrons. The summed E-state index contributed by atoms with van der Waals surface area (Å²) >= 11 is 1.42. The Hall–Kier alpha value is -4.12. The number of nitrogens with two attached hydrogens (primary N) is 1. The van der Waals surface area contributed by atoms with Gasteiger partial charge in [-0.3, -0.25) is 14.2 Å². The minimum absolute atomic E-state index is 0.0595. The van der Waals surface area contributed by atoms with Crippen molar-refractivity contribution < 1.29 is 18.0 Å². The molecule has 0 aliphatic carbocycles. The van der Waals surface area contributed by atoms with Crippen LogP contribution in [0.2, 0.25) is 0 Å². The molecule has 0 bridgehead atoms. The Morgan fingerprint density at radius 3 is 2.66 bits per heavy atom. The van der Waals surface area contributed by atoms with Crippen molar-refractivity contribution in [3.63, 3.8) is 0 Å². The summed E-state index contributed by atoms with van der Waals surface area (Å²) in [6, 6.07) is 12.0. The van der Waals surface area contributed by atoms with Crippen molar-refractivity contribution in [2.24, 2.45) is 0 Å². The number of aromatic nitrogens is 2. The normalized spacial score (nSPS) is 12.2. The first-order valence-corrected chi connectivity index (χ1v) is 11.3. The standard InChI is InChI=1S/C24H20F3N5O2S/c1-14(16-9-17(24(25,26)27)11-18(28)10-16)30-22(34)15-5-6-21(33)32(13-15)20-4-2-3-19(12-20)31-23-29-7-8-35-23/h2-14H,28H2,1H3,(H,29,31)(H,30,34)/t14-/m1/s1. The third kappa shape index (κ3) is 5.69. The fourth-order valence-corrected chi connectivity index (χ4v) is 3.97. The van der Waals surface area contributed by atoms with E-state index in [4.69, 9.17) is 5.73 Å². The second-order valence-corrected chi connectivity index (χ2v) is 8.61. The number of nitrogens with one attached hydrogen (secondary N) is 2. The molecule has 7 nitrogen and oxygen atoms in total. The number of benzene rings is 2. The van der Waals surface area contributed by atoms with Crippen LogP contribution in [0.5, 0.6) is 0 Å². The summed E-state index contributed by atoms with van der Waals surface area (Å²) < 4.78 is 40.7. The predicted octanol–water partition coefficient (Wildman–Crippen LogP) is 5.13. The number of amides is 1. The maximum Gasteiger partial charge on any atom is 0.416 e. The lowest BCUT2D eigenvalue weighted by Gasteiger charge is -2.18. The Morgan fingerprint density at radius 1 is 1.14 bits per heavy atom. The van der Waals surface area contributed by atoms with E-state index in [0.29, 0.717) is 16.5 Å². The Labute approximate surface area is 202 Å². The molecule has 11 heteroatoms. The molecule has 0 unspecified atom stereocenters. The number of thiazole rings is 1. The van der Waals surface area contributed by atoms with Crippen molar-refractivity contribution in [3.8, 4) is 5.69 Å². The highest BCUT2D eigenvalue weighted by molar-refractivity contribution is 7.13. The molecule has 0 spiro atoms. The number of nitrogens with zero attached hydrogens (tertiary/aromatic N) is 2. The van der Waals surface area contributed by atoms with Gasteiger partial charge in [0.25, 0.3) is 11.5 Å². The summed E-state index contributed by atoms with van der Waals surface area (Å²) in [6.07, 6.45) is -1.52. The molecule has 0 aliphatic rings. The van der Waals surface area contributed by atoms with Gasteiger partial charge in [-0.25, -0.2) is 4.98 Å². The summed E-state index contributed by atoms with van der Waals surface area (Å²) in [5, 5.41) is 8.31. The second kappa shape index (κ2) is 9.63. The zero-order valence-corrected chi connectivity index (χ0v) is 19.2. The molecule has 0 saturated heterocycles. The van der Waals surface area contributed by atoms with Gasteiger partial charge in [-0.2, -0.15) is 13.2 Å². The van der Waals surface area contributed by atoms with Crippen LogP contribution in [0.1, 0.15) is 34.5 Å². The maximum atomic E-state index is 13.1. The predicted molar refractivity (Wildman–Crippen MR) is 129 cm³/mol. The number of alkyl halides is 3. The molecular formula is C24H20F3N5O2S. The zero-order chi connectivity index (χ0) is 25.2. The quantitative estimate of drug-likeness (QED) is 0.319. The minimum Gasteiger partial charge on any atom is -0.399 e. The highest BCUT2D eigenvalue weighted by Gasteiger charge is 2.31. The highest BCUT2D eigenvalue weighted by Crippen LogP contribution is 2.32. The number of nitrogen functional groups attached to an aromatic ring is 1. The van der Waals surface area contributed by atoms with Gasteiger partial charge in [0.2, 0.25) is 0 Å². The number of halogens is 3. The van der Waals surface area contributed by atoms with E-state index in [1.165, 1.54) is 40.3 Å². The average molecular weight is 500 g/mol. The van der Waals surface area contributed by atoms with Gasteiger partial charge in [0, 0.05) is 35.2 Å². The molecule has 4 N–H and O–H groups in total. The Balaban J connectivity index is 1.57. The number of pyridine rings is 1. The van der Waals surface area contributed by atoms with Crippen LogP contribution in [-0.4, -0.2) is 15.5 Å². The summed E-state index contributed by atoms with van der Waals surface area (Å²) in [5.41, 5.74) is 5.91. The van der Waals surface area contributed by atoms with Gasteiger partial charge in [-0.1, -0.05) is 6.07 Å². The van der Waals surface area contributed by atoms with Crippen LogP contribution in [-0.2, 0) is 6.18 Å². The van der Waals surface area contributed by atoms with E-state index in [0.717, 1.165) is 12.1 Å². The van der Waals surface area contributed by atoms with Gasteiger partial charge in [0.1, 0.15) is 0 Å². The first kappa shape index (κ1) is 24.0. The number of rotatable bonds is 6. The van der Waals surface area contributed by atoms with Crippen LogP contribution in [0.25, 0.3) is 5.69 Å². The number of carbonyl (C=O) groups excluding carboxylic acids is 1. The molecule has 2 aromatic carbocycles. The third-order valence-electron chi connectivity index (χ3n) is 5.13.